The summed E-state index contributed by atoms with van der Waals surface area (Å²) in [4.78, 5) is 16.4. The minimum atomic E-state index is -3.45. The second-order valence-electron chi connectivity index (χ2n) is 8.72. The maximum absolute atomic E-state index is 13.7. The molecule has 1 N–H and O–H groups in total. The Hall–Kier alpha value is -3.12. The average molecular weight is 512 g/mol. The molecule has 2 aromatic carbocycles. The first-order chi connectivity index (χ1) is 17.2. The van der Waals surface area contributed by atoms with Crippen molar-refractivity contribution in [3.63, 3.8) is 0 Å². The monoisotopic (exact) mass is 511 g/mol. The van der Waals surface area contributed by atoms with Crippen LogP contribution in [0.4, 0.5) is 4.39 Å². The van der Waals surface area contributed by atoms with Crippen LogP contribution in [0.1, 0.15) is 37.4 Å². The van der Waals surface area contributed by atoms with Crippen LogP contribution in [0.15, 0.2) is 66.5 Å². The van der Waals surface area contributed by atoms with Crippen molar-refractivity contribution < 1.29 is 28.1 Å². The van der Waals surface area contributed by atoms with E-state index >= 15 is 0 Å². The van der Waals surface area contributed by atoms with Crippen molar-refractivity contribution >= 4 is 19.4 Å². The number of methoxy groups -OCH3 is 1. The van der Waals surface area contributed by atoms with Crippen LogP contribution < -0.4 is 0 Å². The summed E-state index contributed by atoms with van der Waals surface area (Å²) < 4.78 is 37.0. The first-order valence-electron chi connectivity index (χ1n) is 11.6. The molecule has 1 heterocycles. The number of esters is 1. The van der Waals surface area contributed by atoms with Crippen LogP contribution in [0.2, 0.25) is 0 Å². The molecule has 0 radical (unpaired) electrons. The van der Waals surface area contributed by atoms with Gasteiger partial charge in [-0.2, -0.15) is 0 Å². The van der Waals surface area contributed by atoms with Crippen LogP contribution in [-0.2, 0) is 18.6 Å². The molecule has 2 atom stereocenters. The number of hydrogen-bond donors (Lipinski definition) is 1. The lowest BCUT2D eigenvalue weighted by molar-refractivity contribution is -0.142. The summed E-state index contributed by atoms with van der Waals surface area (Å²) in [6, 6.07) is 17.8. The normalized spacial score (nSPS) is 14.1. The van der Waals surface area contributed by atoms with Crippen LogP contribution in [0.3, 0.4) is 0 Å². The second-order valence-corrected chi connectivity index (χ2v) is 11.2. The van der Waals surface area contributed by atoms with E-state index < -0.39 is 19.4 Å². The molecular formula is C28H31FNO5P. The Morgan fingerprint density at radius 1 is 1.08 bits per heavy atom. The van der Waals surface area contributed by atoms with E-state index in [2.05, 4.69) is 4.74 Å². The Kier molecular flexibility index (Phi) is 9.32. The van der Waals surface area contributed by atoms with E-state index in [1.54, 1.807) is 18.2 Å². The summed E-state index contributed by atoms with van der Waals surface area (Å²) in [5.41, 5.74) is 4.75. The Balaban J connectivity index is 2.13. The number of hydrogen-bond acceptors (Lipinski definition) is 6. The Labute approximate surface area is 211 Å². The summed E-state index contributed by atoms with van der Waals surface area (Å²) in [5.74, 6) is 0.502. The molecule has 0 amide bonds. The molecule has 0 saturated heterocycles. The first-order valence-corrected chi connectivity index (χ1v) is 13.5. The maximum Gasteiger partial charge on any atom is 0.308 e. The number of ether oxygens (including phenoxy) is 1. The predicted octanol–water partition coefficient (Wildman–Crippen LogP) is 6.50. The molecule has 0 fully saturated rings. The van der Waals surface area contributed by atoms with Crippen molar-refractivity contribution in [2.75, 3.05) is 20.4 Å². The van der Waals surface area contributed by atoms with Gasteiger partial charge in [0.1, 0.15) is 5.82 Å². The van der Waals surface area contributed by atoms with E-state index in [-0.39, 0.29) is 24.3 Å². The number of aliphatic hydroxyl groups excluding tert-OH is 1. The van der Waals surface area contributed by atoms with Gasteiger partial charge in [-0.25, -0.2) is 4.39 Å². The van der Waals surface area contributed by atoms with Crippen LogP contribution in [0.25, 0.3) is 28.5 Å². The van der Waals surface area contributed by atoms with Crippen molar-refractivity contribution in [3.8, 4) is 22.4 Å². The van der Waals surface area contributed by atoms with Gasteiger partial charge in [-0.1, -0.05) is 56.3 Å². The summed E-state index contributed by atoms with van der Waals surface area (Å²) in [6.07, 6.45) is -0.0331. The summed E-state index contributed by atoms with van der Waals surface area (Å²) in [7, 11) is -0.928. The minimum Gasteiger partial charge on any atom is -0.469 e. The fourth-order valence-electron chi connectivity index (χ4n) is 3.83. The van der Waals surface area contributed by atoms with Crippen molar-refractivity contribution in [2.45, 2.75) is 32.3 Å². The quantitative estimate of drug-likeness (QED) is 0.247. The minimum absolute atomic E-state index is 0.0133. The predicted molar refractivity (Wildman–Crippen MR) is 140 cm³/mol. The summed E-state index contributed by atoms with van der Waals surface area (Å²) >= 11 is 0. The lowest BCUT2D eigenvalue weighted by Gasteiger charge is -2.19. The van der Waals surface area contributed by atoms with Gasteiger partial charge in [0.15, 0.2) is 0 Å². The van der Waals surface area contributed by atoms with Crippen molar-refractivity contribution in [2.24, 2.45) is 0 Å². The Morgan fingerprint density at radius 3 is 2.33 bits per heavy atom. The highest BCUT2D eigenvalue weighted by Gasteiger charge is 2.25. The van der Waals surface area contributed by atoms with Gasteiger partial charge >= 0.3 is 5.97 Å². The molecule has 0 aliphatic rings. The smallest absolute Gasteiger partial charge is 0.308 e. The number of pyridine rings is 1. The van der Waals surface area contributed by atoms with Crippen molar-refractivity contribution in [3.05, 3.63) is 83.6 Å². The fraction of sp³-hybridized carbons (Fsp3) is 0.286. The van der Waals surface area contributed by atoms with E-state index in [1.165, 1.54) is 32.2 Å². The molecule has 1 unspecified atom stereocenters. The number of halogens is 1. The number of aromatic nitrogens is 1. The first kappa shape index (κ1) is 27.5. The molecule has 1 aromatic heterocycles. The molecule has 3 aromatic rings. The molecule has 0 aliphatic carbocycles. The van der Waals surface area contributed by atoms with Gasteiger partial charge < -0.3 is 14.4 Å². The van der Waals surface area contributed by atoms with Crippen LogP contribution in [0.5, 0.6) is 0 Å². The standard InChI is InChI=1S/C28H31FNO5P/c1-19(2)28-24(14-15-36(33,35-4)18-23(31)16-27(32)34-3)25(20-10-12-22(29)13-11-20)17-26(30-28)21-8-6-5-7-9-21/h5-15,17,19,23,31H,16,18H2,1-4H3/b15-14+/t23-,36?/m0/s1. The molecule has 6 nitrogen and oxygen atoms in total. The topological polar surface area (TPSA) is 85.7 Å². The van der Waals surface area contributed by atoms with Gasteiger partial charge in [-0.05, 0) is 41.3 Å². The van der Waals surface area contributed by atoms with E-state index in [1.807, 2.05) is 50.2 Å². The third kappa shape index (κ3) is 6.97. The fourth-order valence-corrected chi connectivity index (χ4v) is 5.32. The molecule has 0 aliphatic heterocycles. The summed E-state index contributed by atoms with van der Waals surface area (Å²) in [6.45, 7) is 4.03. The van der Waals surface area contributed by atoms with E-state index in [0.29, 0.717) is 0 Å². The van der Waals surface area contributed by atoms with E-state index in [0.717, 1.165) is 33.6 Å². The molecule has 36 heavy (non-hydrogen) atoms. The second kappa shape index (κ2) is 12.2. The number of rotatable bonds is 10. The highest BCUT2D eigenvalue weighted by atomic mass is 31.2. The zero-order valence-corrected chi connectivity index (χ0v) is 21.7. The van der Waals surface area contributed by atoms with Crippen molar-refractivity contribution in [1.29, 1.82) is 0 Å². The Morgan fingerprint density at radius 2 is 1.75 bits per heavy atom. The third-order valence-corrected chi connectivity index (χ3v) is 7.88. The van der Waals surface area contributed by atoms with Gasteiger partial charge in [-0.15, -0.1) is 0 Å². The van der Waals surface area contributed by atoms with Crippen molar-refractivity contribution in [1.82, 2.24) is 4.98 Å². The van der Waals surface area contributed by atoms with Gasteiger partial charge in [-0.3, -0.25) is 14.3 Å². The third-order valence-electron chi connectivity index (χ3n) is 5.73. The van der Waals surface area contributed by atoms with Gasteiger partial charge in [0.2, 0.25) is 7.37 Å². The average Bonchev–Trinajstić information content (AvgIpc) is 2.87. The molecule has 0 saturated carbocycles. The SMILES string of the molecule is COC(=O)C[C@H](O)CP(=O)(/C=C/c1c(-c2ccc(F)cc2)cc(-c2ccccc2)nc1C(C)C)OC. The largest absolute Gasteiger partial charge is 0.469 e. The molecular weight excluding hydrogens is 480 g/mol. The van der Waals surface area contributed by atoms with E-state index in [9.17, 15) is 18.9 Å². The number of carbonyl (C=O) groups excluding carboxylic acids is 1. The van der Waals surface area contributed by atoms with Gasteiger partial charge in [0, 0.05) is 24.1 Å². The lowest BCUT2D eigenvalue weighted by Crippen LogP contribution is -2.18. The number of nitrogens with zero attached hydrogens (tertiary/aromatic N) is 1. The molecule has 190 valence electrons. The number of benzene rings is 2. The zero-order chi connectivity index (χ0) is 26.3. The number of carbonyl (C=O) groups is 1. The highest BCUT2D eigenvalue weighted by molar-refractivity contribution is 7.62. The molecule has 8 heteroatoms. The molecule has 3 rings (SSSR count). The maximum atomic E-state index is 13.7. The lowest BCUT2D eigenvalue weighted by atomic mass is 9.92. The van der Waals surface area contributed by atoms with E-state index in [4.69, 9.17) is 9.51 Å². The van der Waals surface area contributed by atoms with Crippen LogP contribution >= 0.6 is 7.37 Å². The van der Waals surface area contributed by atoms with Crippen LogP contribution in [0, 0.1) is 5.82 Å². The highest BCUT2D eigenvalue weighted by Crippen LogP contribution is 2.49. The van der Waals surface area contributed by atoms with Crippen LogP contribution in [-0.4, -0.2) is 42.5 Å². The number of aliphatic hydroxyl groups is 1. The molecule has 0 spiro atoms. The summed E-state index contributed by atoms with van der Waals surface area (Å²) in [5, 5.41) is 10.2. The van der Waals surface area contributed by atoms with Gasteiger partial charge in [0.05, 0.1) is 37.2 Å². The van der Waals surface area contributed by atoms with Gasteiger partial charge in [0.25, 0.3) is 0 Å². The zero-order valence-electron chi connectivity index (χ0n) is 20.8. The molecule has 0 bridgehead atoms. The Bertz CT molecular complexity index is 1260.